The van der Waals surface area contributed by atoms with Crippen LogP contribution in [0.25, 0.3) is 0 Å². The molecule has 0 aliphatic heterocycles. The van der Waals surface area contributed by atoms with Gasteiger partial charge in [-0.2, -0.15) is 0 Å². The minimum Gasteiger partial charge on any atom is -0.443 e. The lowest BCUT2D eigenvalue weighted by atomic mass is 10.2. The normalized spacial score (nSPS) is 10.0. The average Bonchev–Trinajstić information content (AvgIpc) is 2.38. The topological polar surface area (TPSA) is 122 Å². The summed E-state index contributed by atoms with van der Waals surface area (Å²) in [5, 5.41) is 21.8. The minimum atomic E-state index is -0.695. The van der Waals surface area contributed by atoms with Crippen LogP contribution in [0.4, 0.5) is 17.1 Å². The summed E-state index contributed by atoms with van der Waals surface area (Å²) in [6.45, 7) is 0. The predicted octanol–water partition coefficient (Wildman–Crippen LogP) is 2.88. The summed E-state index contributed by atoms with van der Waals surface area (Å²) in [4.78, 5) is 20.5. The molecule has 0 heterocycles. The number of rotatable bonds is 4. The van der Waals surface area contributed by atoms with Crippen LogP contribution in [-0.2, 0) is 0 Å². The standard InChI is InChI=1S/C12H9N3O5/c13-8-4-3-7-11(12(8)15(18)19)20-10-6-2-1-5-9(10)14(16)17/h1-7H,13H2. The average molecular weight is 275 g/mol. The second-order valence-electron chi connectivity index (χ2n) is 3.78. The number of para-hydroxylation sites is 3. The Morgan fingerprint density at radius 3 is 2.20 bits per heavy atom. The van der Waals surface area contributed by atoms with Gasteiger partial charge in [-0.15, -0.1) is 0 Å². The SMILES string of the molecule is Nc1cccc(Oc2ccccc2[N+](=O)[O-])c1[N+](=O)[O-]. The number of benzene rings is 2. The van der Waals surface area contributed by atoms with Gasteiger partial charge in [-0.05, 0) is 18.2 Å². The molecule has 0 saturated heterocycles. The predicted molar refractivity (Wildman–Crippen MR) is 70.7 cm³/mol. The highest BCUT2D eigenvalue weighted by molar-refractivity contribution is 5.67. The van der Waals surface area contributed by atoms with Gasteiger partial charge in [0.1, 0.15) is 5.69 Å². The van der Waals surface area contributed by atoms with E-state index in [1.807, 2.05) is 0 Å². The van der Waals surface area contributed by atoms with E-state index >= 15 is 0 Å². The van der Waals surface area contributed by atoms with Gasteiger partial charge in [-0.3, -0.25) is 20.2 Å². The van der Waals surface area contributed by atoms with Crippen LogP contribution in [0.15, 0.2) is 42.5 Å². The highest BCUT2D eigenvalue weighted by Gasteiger charge is 2.22. The number of hydrogen-bond acceptors (Lipinski definition) is 6. The largest absolute Gasteiger partial charge is 0.443 e. The lowest BCUT2D eigenvalue weighted by Gasteiger charge is -2.07. The quantitative estimate of drug-likeness (QED) is 0.520. The Labute approximate surface area is 112 Å². The summed E-state index contributed by atoms with van der Waals surface area (Å²) < 4.78 is 5.28. The lowest BCUT2D eigenvalue weighted by Crippen LogP contribution is -1.99. The van der Waals surface area contributed by atoms with Gasteiger partial charge in [0.2, 0.25) is 11.5 Å². The molecular formula is C12H9N3O5. The molecule has 2 aromatic rings. The Kier molecular flexibility index (Phi) is 3.47. The number of ether oxygens (including phenoxy) is 1. The van der Waals surface area contributed by atoms with Gasteiger partial charge >= 0.3 is 11.4 Å². The molecule has 0 aliphatic rings. The molecular weight excluding hydrogens is 266 g/mol. The van der Waals surface area contributed by atoms with Crippen molar-refractivity contribution in [3.8, 4) is 11.5 Å². The van der Waals surface area contributed by atoms with Crippen LogP contribution < -0.4 is 10.5 Å². The molecule has 0 fully saturated rings. The fraction of sp³-hybridized carbons (Fsp3) is 0. The van der Waals surface area contributed by atoms with Crippen molar-refractivity contribution >= 4 is 17.1 Å². The Bertz CT molecular complexity index is 687. The summed E-state index contributed by atoms with van der Waals surface area (Å²) >= 11 is 0. The van der Waals surface area contributed by atoms with Gasteiger partial charge in [0.15, 0.2) is 0 Å². The Morgan fingerprint density at radius 2 is 1.55 bits per heavy atom. The van der Waals surface area contributed by atoms with Crippen LogP contribution in [0, 0.1) is 20.2 Å². The third kappa shape index (κ3) is 2.48. The molecule has 0 unspecified atom stereocenters. The Hall–Kier alpha value is -3.16. The first-order valence-electron chi connectivity index (χ1n) is 5.45. The molecule has 8 heteroatoms. The van der Waals surface area contributed by atoms with Gasteiger partial charge in [0, 0.05) is 6.07 Å². The van der Waals surface area contributed by atoms with Crippen molar-refractivity contribution in [2.75, 3.05) is 5.73 Å². The minimum absolute atomic E-state index is 0.0777. The second-order valence-corrected chi connectivity index (χ2v) is 3.78. The summed E-state index contributed by atoms with van der Waals surface area (Å²) in [5.74, 6) is -0.240. The maximum atomic E-state index is 11.0. The molecule has 102 valence electrons. The van der Waals surface area contributed by atoms with E-state index in [1.165, 1.54) is 42.5 Å². The molecule has 2 aromatic carbocycles. The van der Waals surface area contributed by atoms with E-state index in [0.29, 0.717) is 0 Å². The van der Waals surface area contributed by atoms with Gasteiger partial charge in [0.25, 0.3) is 0 Å². The van der Waals surface area contributed by atoms with E-state index in [0.717, 1.165) is 0 Å². The van der Waals surface area contributed by atoms with Crippen LogP contribution in [0.5, 0.6) is 11.5 Å². The van der Waals surface area contributed by atoms with Gasteiger partial charge in [0.05, 0.1) is 9.85 Å². The van der Waals surface area contributed by atoms with Crippen LogP contribution in [0.1, 0.15) is 0 Å². The monoisotopic (exact) mass is 275 g/mol. The summed E-state index contributed by atoms with van der Waals surface area (Å²) in [6.07, 6.45) is 0. The van der Waals surface area contributed by atoms with E-state index < -0.39 is 15.5 Å². The molecule has 2 rings (SSSR count). The molecule has 0 aliphatic carbocycles. The molecule has 0 bridgehead atoms. The third-order valence-electron chi connectivity index (χ3n) is 2.49. The lowest BCUT2D eigenvalue weighted by molar-refractivity contribution is -0.387. The summed E-state index contributed by atoms with van der Waals surface area (Å²) in [5.41, 5.74) is 4.73. The first-order chi connectivity index (χ1) is 9.50. The zero-order valence-corrected chi connectivity index (χ0v) is 10.1. The fourth-order valence-corrected chi connectivity index (χ4v) is 1.63. The van der Waals surface area contributed by atoms with Crippen molar-refractivity contribution in [1.29, 1.82) is 0 Å². The van der Waals surface area contributed by atoms with Crippen molar-refractivity contribution in [2.24, 2.45) is 0 Å². The highest BCUT2D eigenvalue weighted by Crippen LogP contribution is 2.38. The highest BCUT2D eigenvalue weighted by atomic mass is 16.6. The third-order valence-corrected chi connectivity index (χ3v) is 2.49. The van der Waals surface area contributed by atoms with Crippen molar-refractivity contribution in [2.45, 2.75) is 0 Å². The van der Waals surface area contributed by atoms with Crippen LogP contribution >= 0.6 is 0 Å². The zero-order valence-electron chi connectivity index (χ0n) is 10.1. The molecule has 0 aromatic heterocycles. The number of nitrogen functional groups attached to an aromatic ring is 1. The van der Waals surface area contributed by atoms with Crippen LogP contribution in [-0.4, -0.2) is 9.85 Å². The maximum absolute atomic E-state index is 11.0. The molecule has 0 radical (unpaired) electrons. The number of anilines is 1. The molecule has 0 amide bonds. The number of nitrogens with zero attached hydrogens (tertiary/aromatic N) is 2. The number of nitro benzene ring substituents is 2. The number of hydrogen-bond donors (Lipinski definition) is 1. The molecule has 20 heavy (non-hydrogen) atoms. The molecule has 8 nitrogen and oxygen atoms in total. The van der Waals surface area contributed by atoms with Gasteiger partial charge < -0.3 is 10.5 Å². The summed E-state index contributed by atoms with van der Waals surface area (Å²) in [6, 6.07) is 9.74. The first kappa shape index (κ1) is 13.3. The van der Waals surface area contributed by atoms with Gasteiger partial charge in [-0.1, -0.05) is 18.2 Å². The molecule has 0 spiro atoms. The Balaban J connectivity index is 2.49. The first-order valence-corrected chi connectivity index (χ1v) is 5.45. The summed E-state index contributed by atoms with van der Waals surface area (Å²) in [7, 11) is 0. The van der Waals surface area contributed by atoms with E-state index in [4.69, 9.17) is 10.5 Å². The molecule has 0 atom stereocenters. The van der Waals surface area contributed by atoms with Crippen LogP contribution in [0.3, 0.4) is 0 Å². The van der Waals surface area contributed by atoms with Crippen molar-refractivity contribution in [3.63, 3.8) is 0 Å². The van der Waals surface area contributed by atoms with Crippen LogP contribution in [0.2, 0.25) is 0 Å². The molecule has 0 saturated carbocycles. The van der Waals surface area contributed by atoms with E-state index in [9.17, 15) is 20.2 Å². The van der Waals surface area contributed by atoms with Crippen molar-refractivity contribution in [3.05, 3.63) is 62.7 Å². The number of nitro groups is 2. The smallest absolute Gasteiger partial charge is 0.334 e. The number of nitrogens with two attached hydrogens (primary N) is 1. The van der Waals surface area contributed by atoms with Crippen molar-refractivity contribution < 1.29 is 14.6 Å². The maximum Gasteiger partial charge on any atom is 0.334 e. The van der Waals surface area contributed by atoms with E-state index in [1.54, 1.807) is 0 Å². The molecule has 2 N–H and O–H groups in total. The van der Waals surface area contributed by atoms with E-state index in [-0.39, 0.29) is 22.9 Å². The zero-order chi connectivity index (χ0) is 14.7. The van der Waals surface area contributed by atoms with E-state index in [2.05, 4.69) is 0 Å². The van der Waals surface area contributed by atoms with Gasteiger partial charge in [-0.25, -0.2) is 0 Å². The second kappa shape index (κ2) is 5.22. The fourth-order valence-electron chi connectivity index (χ4n) is 1.63. The van der Waals surface area contributed by atoms with Crippen molar-refractivity contribution in [1.82, 2.24) is 0 Å². The Morgan fingerprint density at radius 1 is 0.900 bits per heavy atom.